The van der Waals surface area contributed by atoms with Gasteiger partial charge in [0.05, 0.1) is 12.6 Å². The monoisotopic (exact) mass is 398 g/mol. The molecule has 1 unspecified atom stereocenters. The Morgan fingerprint density at radius 1 is 1.21 bits per heavy atom. The van der Waals surface area contributed by atoms with Gasteiger partial charge in [-0.15, -0.1) is 0 Å². The Morgan fingerprint density at radius 3 is 2.43 bits per heavy atom. The van der Waals surface area contributed by atoms with Crippen molar-refractivity contribution in [3.8, 4) is 11.5 Å². The third-order valence-electron chi connectivity index (χ3n) is 3.95. The van der Waals surface area contributed by atoms with E-state index in [1.54, 1.807) is 6.92 Å². The predicted octanol–water partition coefficient (Wildman–Crippen LogP) is 3.37. The number of ether oxygens (including phenoxy) is 1. The summed E-state index contributed by atoms with van der Waals surface area (Å²) < 4.78 is 8.47. The van der Waals surface area contributed by atoms with Gasteiger partial charge in [-0.3, -0.25) is 14.2 Å². The second kappa shape index (κ2) is 8.73. The Bertz CT molecular complexity index is 1010. The summed E-state index contributed by atoms with van der Waals surface area (Å²) in [7, 11) is 0. The minimum absolute atomic E-state index is 0.0888. The van der Waals surface area contributed by atoms with Crippen molar-refractivity contribution < 1.29 is 9.84 Å². The molecule has 0 saturated heterocycles. The van der Waals surface area contributed by atoms with Crippen molar-refractivity contribution in [2.45, 2.75) is 19.9 Å². The number of hydrogen-bond acceptors (Lipinski definition) is 6. The first-order valence-electron chi connectivity index (χ1n) is 8.74. The van der Waals surface area contributed by atoms with Crippen LogP contribution < -0.4 is 21.3 Å². The molecule has 7 nitrogen and oxygen atoms in total. The third kappa shape index (κ3) is 4.79. The van der Waals surface area contributed by atoms with Gasteiger partial charge in [0.25, 0.3) is 5.56 Å². The first-order chi connectivity index (χ1) is 13.5. The van der Waals surface area contributed by atoms with Crippen molar-refractivity contribution >= 4 is 28.1 Å². The van der Waals surface area contributed by atoms with Gasteiger partial charge in [-0.2, -0.15) is 0 Å². The molecule has 8 heteroatoms. The van der Waals surface area contributed by atoms with Crippen LogP contribution in [0.3, 0.4) is 0 Å². The van der Waals surface area contributed by atoms with E-state index in [1.807, 2.05) is 55.5 Å². The van der Waals surface area contributed by atoms with Gasteiger partial charge in [-0.1, -0.05) is 17.7 Å². The van der Waals surface area contributed by atoms with E-state index < -0.39 is 0 Å². The first kappa shape index (κ1) is 19.7. The lowest BCUT2D eigenvalue weighted by atomic mass is 10.2. The van der Waals surface area contributed by atoms with Gasteiger partial charge < -0.3 is 20.9 Å². The molecule has 0 saturated carbocycles. The second-order valence-corrected chi connectivity index (χ2v) is 7.16. The number of aliphatic hydroxyl groups excluding tert-OH is 1. The minimum Gasteiger partial charge on any atom is -0.457 e. The maximum absolute atomic E-state index is 12.1. The van der Waals surface area contributed by atoms with Gasteiger partial charge in [0.2, 0.25) is 0 Å². The quantitative estimate of drug-likeness (QED) is 0.360. The average Bonchev–Trinajstić information content (AvgIpc) is 3.05. The summed E-state index contributed by atoms with van der Waals surface area (Å²) in [6, 6.07) is 14.8. The number of aliphatic hydroxyl groups is 1. The van der Waals surface area contributed by atoms with Gasteiger partial charge >= 0.3 is 0 Å². The van der Waals surface area contributed by atoms with Crippen LogP contribution >= 0.6 is 11.5 Å². The van der Waals surface area contributed by atoms with E-state index in [-0.39, 0.29) is 29.6 Å². The van der Waals surface area contributed by atoms with Gasteiger partial charge in [0.15, 0.2) is 0 Å². The highest BCUT2D eigenvalue weighted by molar-refractivity contribution is 7.10. The fourth-order valence-corrected chi connectivity index (χ4v) is 3.21. The van der Waals surface area contributed by atoms with E-state index in [0.717, 1.165) is 23.0 Å². The molecule has 2 aromatic carbocycles. The van der Waals surface area contributed by atoms with Crippen molar-refractivity contribution in [1.29, 1.82) is 0 Å². The molecule has 0 aliphatic rings. The smallest absolute Gasteiger partial charge is 0.271 e. The maximum atomic E-state index is 12.1. The number of amidine groups is 1. The summed E-state index contributed by atoms with van der Waals surface area (Å²) in [5.41, 5.74) is 7.85. The van der Waals surface area contributed by atoms with Gasteiger partial charge in [-0.05, 0) is 61.8 Å². The van der Waals surface area contributed by atoms with Crippen molar-refractivity contribution in [3.05, 3.63) is 70.0 Å². The van der Waals surface area contributed by atoms with Crippen LogP contribution in [0.15, 0.2) is 58.3 Å². The molecule has 0 radical (unpaired) electrons. The fourth-order valence-electron chi connectivity index (χ4n) is 2.45. The number of aromatic amines is 1. The number of rotatable bonds is 7. The molecule has 0 aliphatic carbocycles. The molecule has 146 valence electrons. The molecule has 0 amide bonds. The Kier molecular flexibility index (Phi) is 6.13. The zero-order valence-corrected chi connectivity index (χ0v) is 16.4. The molecular formula is C20H22N4O3S. The maximum Gasteiger partial charge on any atom is 0.271 e. The van der Waals surface area contributed by atoms with Gasteiger partial charge in [0.1, 0.15) is 27.9 Å². The van der Waals surface area contributed by atoms with Crippen LogP contribution in [0.4, 0.5) is 10.7 Å². The summed E-state index contributed by atoms with van der Waals surface area (Å²) in [4.78, 5) is 16.2. The van der Waals surface area contributed by atoms with E-state index >= 15 is 0 Å². The molecule has 3 rings (SSSR count). The largest absolute Gasteiger partial charge is 0.457 e. The number of aliphatic imine (C=N–C) groups is 1. The van der Waals surface area contributed by atoms with Crippen molar-refractivity contribution in [2.24, 2.45) is 10.7 Å². The molecular weight excluding hydrogens is 376 g/mol. The Morgan fingerprint density at radius 2 is 1.82 bits per heavy atom. The van der Waals surface area contributed by atoms with Crippen molar-refractivity contribution in [3.63, 3.8) is 0 Å². The number of H-pyrrole nitrogens is 1. The zero-order valence-electron chi connectivity index (χ0n) is 15.6. The summed E-state index contributed by atoms with van der Waals surface area (Å²) in [5, 5.41) is 12.9. The van der Waals surface area contributed by atoms with Crippen LogP contribution in [0.25, 0.3) is 0 Å². The molecule has 0 aliphatic heterocycles. The summed E-state index contributed by atoms with van der Waals surface area (Å²) in [5.74, 6) is 1.56. The molecule has 1 heterocycles. The third-order valence-corrected chi connectivity index (χ3v) is 4.75. The first-order valence-corrected chi connectivity index (χ1v) is 9.55. The molecule has 1 aromatic heterocycles. The topological polar surface area (TPSA) is 113 Å². The summed E-state index contributed by atoms with van der Waals surface area (Å²) in [6.45, 7) is 3.59. The number of anilines is 2. The lowest BCUT2D eigenvalue weighted by Gasteiger charge is -2.09. The van der Waals surface area contributed by atoms with E-state index in [9.17, 15) is 4.79 Å². The summed E-state index contributed by atoms with van der Waals surface area (Å²) >= 11 is 1.14. The molecule has 0 bridgehead atoms. The van der Waals surface area contributed by atoms with E-state index in [4.69, 9.17) is 15.6 Å². The minimum atomic E-state index is -0.384. The molecule has 0 spiro atoms. The summed E-state index contributed by atoms with van der Waals surface area (Å²) in [6.07, 6.45) is 0. The Labute approximate surface area is 166 Å². The van der Waals surface area contributed by atoms with Crippen molar-refractivity contribution in [2.75, 3.05) is 11.9 Å². The number of nitrogens with zero attached hydrogens (tertiary/aromatic N) is 1. The molecule has 5 N–H and O–H groups in total. The van der Waals surface area contributed by atoms with Crippen LogP contribution in [0, 0.1) is 6.92 Å². The number of hydrogen-bond donors (Lipinski definition) is 4. The van der Waals surface area contributed by atoms with Crippen LogP contribution in [0.5, 0.6) is 11.5 Å². The number of nitrogens with one attached hydrogen (secondary N) is 2. The van der Waals surface area contributed by atoms with Gasteiger partial charge in [-0.25, -0.2) is 0 Å². The number of benzene rings is 2. The molecule has 28 heavy (non-hydrogen) atoms. The lowest BCUT2D eigenvalue weighted by molar-refractivity contribution is 0.274. The number of nitrogens with two attached hydrogens (primary N) is 1. The molecule has 3 aromatic rings. The highest BCUT2D eigenvalue weighted by atomic mass is 32.1. The highest BCUT2D eigenvalue weighted by Gasteiger charge is 2.15. The molecule has 0 fully saturated rings. The highest BCUT2D eigenvalue weighted by Crippen LogP contribution is 2.26. The van der Waals surface area contributed by atoms with E-state index in [1.165, 1.54) is 5.56 Å². The van der Waals surface area contributed by atoms with E-state index in [2.05, 4.69) is 14.7 Å². The average molecular weight is 398 g/mol. The standard InChI is InChI=1S/C20H22N4O3S/c1-12-3-7-15(8-4-12)27-16-9-5-14(6-10-16)23-20-17(19(26)24-28-20)18(21)22-13(2)11-25/h3-10,13,23,25H,11H2,1-2H3,(H2,21,22)(H,24,26). The SMILES string of the molecule is Cc1ccc(Oc2ccc(Nc3s[nH]c(=O)c3C(N)=NC(C)CO)cc2)cc1. The predicted molar refractivity (Wildman–Crippen MR) is 113 cm³/mol. The van der Waals surface area contributed by atoms with E-state index in [0.29, 0.717) is 10.8 Å². The second-order valence-electron chi connectivity index (χ2n) is 6.35. The fraction of sp³-hybridized carbons (Fsp3) is 0.200. The Balaban J connectivity index is 1.75. The van der Waals surface area contributed by atoms with Gasteiger partial charge in [0, 0.05) is 5.69 Å². The van der Waals surface area contributed by atoms with Crippen molar-refractivity contribution in [1.82, 2.24) is 4.37 Å². The van der Waals surface area contributed by atoms with Crippen LogP contribution in [0.1, 0.15) is 18.1 Å². The van der Waals surface area contributed by atoms with Crippen LogP contribution in [0.2, 0.25) is 0 Å². The normalized spacial score (nSPS) is 12.6. The number of aromatic nitrogens is 1. The van der Waals surface area contributed by atoms with Crippen LogP contribution in [-0.2, 0) is 0 Å². The lowest BCUT2D eigenvalue weighted by Crippen LogP contribution is -2.24. The van der Waals surface area contributed by atoms with Crippen LogP contribution in [-0.4, -0.2) is 28.0 Å². The zero-order chi connectivity index (χ0) is 20.1. The molecule has 1 atom stereocenters. The number of aryl methyl sites for hydroxylation is 1. The Hall–Kier alpha value is -3.10.